The van der Waals surface area contributed by atoms with Gasteiger partial charge in [0.05, 0.1) is 6.54 Å². The van der Waals surface area contributed by atoms with Gasteiger partial charge in [-0.2, -0.15) is 0 Å². The van der Waals surface area contributed by atoms with Gasteiger partial charge in [-0.1, -0.05) is 32.1 Å². The van der Waals surface area contributed by atoms with E-state index in [-0.39, 0.29) is 6.17 Å². The first-order chi connectivity index (χ1) is 7.34. The van der Waals surface area contributed by atoms with Gasteiger partial charge >= 0.3 is 0 Å². The van der Waals surface area contributed by atoms with Crippen LogP contribution in [0.3, 0.4) is 0 Å². The fourth-order valence-corrected chi connectivity index (χ4v) is 1.58. The molecule has 1 aliphatic heterocycles. The van der Waals surface area contributed by atoms with Crippen molar-refractivity contribution in [3.63, 3.8) is 0 Å². The van der Waals surface area contributed by atoms with Crippen LogP contribution >= 0.6 is 0 Å². The fourth-order valence-electron chi connectivity index (χ4n) is 1.58. The van der Waals surface area contributed by atoms with E-state index in [0.717, 1.165) is 6.54 Å². The summed E-state index contributed by atoms with van der Waals surface area (Å²) in [7, 11) is 0. The van der Waals surface area contributed by atoms with Crippen LogP contribution in [0.5, 0.6) is 0 Å². The summed E-state index contributed by atoms with van der Waals surface area (Å²) in [6.45, 7) is 7.00. The second-order valence-electron chi connectivity index (χ2n) is 3.49. The summed E-state index contributed by atoms with van der Waals surface area (Å²) < 4.78 is 0. The van der Waals surface area contributed by atoms with Crippen molar-refractivity contribution in [2.24, 2.45) is 4.99 Å². The zero-order valence-electron chi connectivity index (χ0n) is 9.90. The summed E-state index contributed by atoms with van der Waals surface area (Å²) in [4.78, 5) is 4.23. The first-order valence-corrected chi connectivity index (χ1v) is 5.75. The number of allylic oxidation sites excluding steroid dienone is 3. The molecule has 15 heavy (non-hydrogen) atoms. The van der Waals surface area contributed by atoms with Gasteiger partial charge in [0.2, 0.25) is 0 Å². The van der Waals surface area contributed by atoms with E-state index in [1.807, 2.05) is 27.1 Å². The Labute approximate surface area is 92.5 Å². The molecule has 0 saturated carbocycles. The molecule has 84 valence electrons. The molecule has 3 nitrogen and oxygen atoms in total. The quantitative estimate of drug-likeness (QED) is 0.753. The van der Waals surface area contributed by atoms with Gasteiger partial charge in [-0.15, -0.1) is 0 Å². The van der Waals surface area contributed by atoms with Crippen LogP contribution in [-0.4, -0.2) is 24.1 Å². The molecule has 0 radical (unpaired) electrons. The molecule has 1 unspecified atom stereocenters. The monoisotopic (exact) mass is 207 g/mol. The Balaban J connectivity index is 0.000000531. The third kappa shape index (κ3) is 3.88. The number of hydrazine groups is 1. The molecule has 0 spiro atoms. The summed E-state index contributed by atoms with van der Waals surface area (Å²) in [6, 6.07) is 0. The average Bonchev–Trinajstić information content (AvgIpc) is 2.68. The Hall–Kier alpha value is -1.09. The molecule has 0 fully saturated rings. The summed E-state index contributed by atoms with van der Waals surface area (Å²) in [5, 5.41) is 2.05. The Morgan fingerprint density at radius 2 is 2.33 bits per heavy atom. The summed E-state index contributed by atoms with van der Waals surface area (Å²) in [6.07, 6.45) is 11.0. The second-order valence-corrected chi connectivity index (χ2v) is 3.49. The topological polar surface area (TPSA) is 27.6 Å². The molecule has 1 heterocycles. The van der Waals surface area contributed by atoms with Gasteiger partial charge in [0.25, 0.3) is 0 Å². The predicted octanol–water partition coefficient (Wildman–Crippen LogP) is 2.48. The highest BCUT2D eigenvalue weighted by Crippen LogP contribution is 2.12. The van der Waals surface area contributed by atoms with Crippen molar-refractivity contribution in [3.8, 4) is 0 Å². The van der Waals surface area contributed by atoms with Crippen LogP contribution in [-0.2, 0) is 0 Å². The molecule has 2 aliphatic rings. The lowest BCUT2D eigenvalue weighted by molar-refractivity contribution is 0.330. The van der Waals surface area contributed by atoms with Gasteiger partial charge in [0.1, 0.15) is 12.5 Å². The SMILES string of the molecule is CC.CC1N=CN(CC2=CC=CCC2)N1. The minimum Gasteiger partial charge on any atom is -0.292 e. The maximum atomic E-state index is 4.23. The number of hydrogen-bond donors (Lipinski definition) is 1. The lowest BCUT2D eigenvalue weighted by Gasteiger charge is -2.18. The summed E-state index contributed by atoms with van der Waals surface area (Å²) in [5.41, 5.74) is 4.72. The molecule has 1 atom stereocenters. The van der Waals surface area contributed by atoms with E-state index in [1.54, 1.807) is 0 Å². The van der Waals surface area contributed by atoms with Crippen molar-refractivity contribution in [3.05, 3.63) is 23.8 Å². The molecule has 0 bridgehead atoms. The van der Waals surface area contributed by atoms with Crippen LogP contribution in [0.1, 0.15) is 33.6 Å². The highest BCUT2D eigenvalue weighted by Gasteiger charge is 2.12. The van der Waals surface area contributed by atoms with Crippen molar-refractivity contribution in [2.45, 2.75) is 39.8 Å². The normalized spacial score (nSPS) is 23.5. The van der Waals surface area contributed by atoms with Gasteiger partial charge in [-0.25, -0.2) is 5.43 Å². The number of aliphatic imine (C=N–C) groups is 1. The van der Waals surface area contributed by atoms with E-state index in [1.165, 1.54) is 18.4 Å². The summed E-state index contributed by atoms with van der Waals surface area (Å²) >= 11 is 0. The summed E-state index contributed by atoms with van der Waals surface area (Å²) in [5.74, 6) is 0. The molecule has 0 saturated heterocycles. The van der Waals surface area contributed by atoms with Gasteiger partial charge in [0.15, 0.2) is 0 Å². The maximum Gasteiger partial charge on any atom is 0.115 e. The van der Waals surface area contributed by atoms with Crippen LogP contribution in [0, 0.1) is 0 Å². The van der Waals surface area contributed by atoms with E-state index in [9.17, 15) is 0 Å². The van der Waals surface area contributed by atoms with Crippen molar-refractivity contribution < 1.29 is 0 Å². The Morgan fingerprint density at radius 3 is 2.87 bits per heavy atom. The molecular weight excluding hydrogens is 186 g/mol. The molecule has 1 N–H and O–H groups in total. The number of rotatable bonds is 2. The average molecular weight is 207 g/mol. The third-order valence-corrected chi connectivity index (χ3v) is 2.26. The smallest absolute Gasteiger partial charge is 0.115 e. The van der Waals surface area contributed by atoms with E-state index < -0.39 is 0 Å². The van der Waals surface area contributed by atoms with Gasteiger partial charge < -0.3 is 0 Å². The van der Waals surface area contributed by atoms with Crippen molar-refractivity contribution >= 4 is 6.34 Å². The highest BCUT2D eigenvalue weighted by molar-refractivity contribution is 5.57. The van der Waals surface area contributed by atoms with Gasteiger partial charge in [-0.05, 0) is 25.3 Å². The lowest BCUT2D eigenvalue weighted by atomic mass is 10.1. The van der Waals surface area contributed by atoms with Crippen LogP contribution in [0.2, 0.25) is 0 Å². The molecule has 0 amide bonds. The third-order valence-electron chi connectivity index (χ3n) is 2.26. The van der Waals surface area contributed by atoms with E-state index in [0.29, 0.717) is 0 Å². The molecule has 0 aromatic rings. The zero-order valence-corrected chi connectivity index (χ0v) is 9.90. The van der Waals surface area contributed by atoms with Gasteiger partial charge in [-0.3, -0.25) is 10.0 Å². The fraction of sp³-hybridized carbons (Fsp3) is 0.583. The highest BCUT2D eigenvalue weighted by atomic mass is 15.6. The predicted molar refractivity (Wildman–Crippen MR) is 65.6 cm³/mol. The number of nitrogens with one attached hydrogen (secondary N) is 1. The van der Waals surface area contributed by atoms with Gasteiger partial charge in [0, 0.05) is 0 Å². The van der Waals surface area contributed by atoms with Crippen LogP contribution in [0.4, 0.5) is 0 Å². The van der Waals surface area contributed by atoms with Crippen LogP contribution < -0.4 is 5.43 Å². The Morgan fingerprint density at radius 1 is 1.53 bits per heavy atom. The van der Waals surface area contributed by atoms with Crippen molar-refractivity contribution in [2.75, 3.05) is 6.54 Å². The Bertz CT molecular complexity index is 266. The number of nitrogens with zero attached hydrogens (tertiary/aromatic N) is 2. The molecule has 3 heteroatoms. The second kappa shape index (κ2) is 6.40. The van der Waals surface area contributed by atoms with E-state index in [4.69, 9.17) is 0 Å². The molecule has 0 aromatic carbocycles. The van der Waals surface area contributed by atoms with Crippen molar-refractivity contribution in [1.29, 1.82) is 0 Å². The van der Waals surface area contributed by atoms with Crippen LogP contribution in [0.15, 0.2) is 28.8 Å². The van der Waals surface area contributed by atoms with Crippen molar-refractivity contribution in [1.82, 2.24) is 10.4 Å². The molecular formula is C12H21N3. The zero-order chi connectivity index (χ0) is 11.1. The molecule has 1 aliphatic carbocycles. The van der Waals surface area contributed by atoms with Crippen LogP contribution in [0.25, 0.3) is 0 Å². The van der Waals surface area contributed by atoms with E-state index in [2.05, 4.69) is 33.7 Å². The largest absolute Gasteiger partial charge is 0.292 e. The maximum absolute atomic E-state index is 4.23. The first-order valence-electron chi connectivity index (χ1n) is 5.75. The number of hydrogen-bond acceptors (Lipinski definition) is 3. The minimum atomic E-state index is 0.236. The Kier molecular flexibility index (Phi) is 5.12. The van der Waals surface area contributed by atoms with E-state index >= 15 is 0 Å². The minimum absolute atomic E-state index is 0.236. The molecule has 0 aromatic heterocycles. The standard InChI is InChI=1S/C10H15N3.C2H6/c1-9-11-8-13(12-9)7-10-5-3-2-4-6-10;1-2/h2-3,5,8-9,12H,4,6-7H2,1H3;1-2H3. The lowest BCUT2D eigenvalue weighted by Crippen LogP contribution is -2.36. The first kappa shape index (κ1) is 12.0. The molecule has 2 rings (SSSR count).